The molecule has 0 atom stereocenters. The first-order valence-electron chi connectivity index (χ1n) is 4.61. The van der Waals surface area contributed by atoms with E-state index in [9.17, 15) is 10.1 Å². The molecule has 0 N–H and O–H groups in total. The molecular formula is C12H10N2O2. The molecule has 0 spiro atoms. The van der Waals surface area contributed by atoms with E-state index in [2.05, 4.69) is 12.3 Å². The van der Waals surface area contributed by atoms with Crippen molar-refractivity contribution in [3.8, 4) is 6.07 Å². The van der Waals surface area contributed by atoms with Crippen molar-refractivity contribution in [2.24, 2.45) is 0 Å². The molecule has 4 nitrogen and oxygen atoms in total. The Morgan fingerprint density at radius 1 is 1.62 bits per heavy atom. The molecular weight excluding hydrogens is 204 g/mol. The van der Waals surface area contributed by atoms with Crippen LogP contribution in [0.4, 0.5) is 5.69 Å². The summed E-state index contributed by atoms with van der Waals surface area (Å²) < 4.78 is 0. The summed E-state index contributed by atoms with van der Waals surface area (Å²) in [6.45, 7) is 5.32. The standard InChI is InChI=1S/C12H10N2O2/c1-3-9(2)12-5-4-11(14(15)16)8-10(12)6-7-13/h4-5,8H,1,6H2,2H3. The van der Waals surface area contributed by atoms with Gasteiger partial charge in [-0.1, -0.05) is 6.58 Å². The zero-order chi connectivity index (χ0) is 12.1. The van der Waals surface area contributed by atoms with Gasteiger partial charge in [0.1, 0.15) is 0 Å². The number of rotatable bonds is 3. The summed E-state index contributed by atoms with van der Waals surface area (Å²) in [5.41, 5.74) is 4.90. The van der Waals surface area contributed by atoms with E-state index in [-0.39, 0.29) is 12.1 Å². The van der Waals surface area contributed by atoms with Gasteiger partial charge < -0.3 is 0 Å². The van der Waals surface area contributed by atoms with Crippen LogP contribution in [0, 0.1) is 21.4 Å². The van der Waals surface area contributed by atoms with E-state index in [1.807, 2.05) is 6.07 Å². The maximum absolute atomic E-state index is 10.6. The molecule has 0 aliphatic rings. The van der Waals surface area contributed by atoms with E-state index in [1.165, 1.54) is 12.1 Å². The van der Waals surface area contributed by atoms with E-state index in [0.29, 0.717) is 5.56 Å². The molecule has 0 amide bonds. The van der Waals surface area contributed by atoms with Crippen molar-refractivity contribution in [2.75, 3.05) is 0 Å². The Morgan fingerprint density at radius 2 is 2.31 bits per heavy atom. The van der Waals surface area contributed by atoms with Crippen LogP contribution in [-0.2, 0) is 6.42 Å². The van der Waals surface area contributed by atoms with E-state index in [1.54, 1.807) is 13.0 Å². The fraction of sp³-hybridized carbons (Fsp3) is 0.167. The molecule has 0 saturated carbocycles. The highest BCUT2D eigenvalue weighted by atomic mass is 16.6. The number of nitrogens with zero attached hydrogens (tertiary/aromatic N) is 2. The van der Waals surface area contributed by atoms with Crippen molar-refractivity contribution in [3.63, 3.8) is 0 Å². The highest BCUT2D eigenvalue weighted by Crippen LogP contribution is 2.23. The molecule has 1 aromatic rings. The molecule has 1 rings (SSSR count). The summed E-state index contributed by atoms with van der Waals surface area (Å²) in [5, 5.41) is 19.3. The van der Waals surface area contributed by atoms with Crippen molar-refractivity contribution in [2.45, 2.75) is 13.3 Å². The highest BCUT2D eigenvalue weighted by Gasteiger charge is 2.11. The monoisotopic (exact) mass is 214 g/mol. The molecule has 0 unspecified atom stereocenters. The summed E-state index contributed by atoms with van der Waals surface area (Å²) in [5.74, 6) is 0. The summed E-state index contributed by atoms with van der Waals surface area (Å²) >= 11 is 0. The second-order valence-electron chi connectivity index (χ2n) is 3.24. The van der Waals surface area contributed by atoms with Gasteiger partial charge in [-0.3, -0.25) is 10.1 Å². The van der Waals surface area contributed by atoms with Crippen molar-refractivity contribution in [1.82, 2.24) is 0 Å². The Bertz CT molecular complexity index is 520. The summed E-state index contributed by atoms with van der Waals surface area (Å²) in [7, 11) is 0. The Morgan fingerprint density at radius 3 is 2.81 bits per heavy atom. The number of benzene rings is 1. The van der Waals surface area contributed by atoms with Crippen molar-refractivity contribution in [1.29, 1.82) is 5.26 Å². The summed E-state index contributed by atoms with van der Waals surface area (Å²) in [4.78, 5) is 10.1. The van der Waals surface area contributed by atoms with Gasteiger partial charge in [0.15, 0.2) is 0 Å². The lowest BCUT2D eigenvalue weighted by molar-refractivity contribution is -0.384. The van der Waals surface area contributed by atoms with Gasteiger partial charge in [-0.05, 0) is 29.7 Å². The predicted octanol–water partition coefficient (Wildman–Crippen LogP) is 2.85. The maximum atomic E-state index is 10.6. The normalized spacial score (nSPS) is 9.00. The zero-order valence-electron chi connectivity index (χ0n) is 8.86. The Kier molecular flexibility index (Phi) is 3.60. The lowest BCUT2D eigenvalue weighted by Gasteiger charge is -2.05. The molecule has 0 aliphatic heterocycles. The van der Waals surface area contributed by atoms with Crippen LogP contribution in [0.2, 0.25) is 0 Å². The maximum Gasteiger partial charge on any atom is 0.269 e. The van der Waals surface area contributed by atoms with E-state index in [0.717, 1.165) is 11.1 Å². The number of hydrogen-bond acceptors (Lipinski definition) is 3. The van der Waals surface area contributed by atoms with Crippen LogP contribution in [-0.4, -0.2) is 4.92 Å². The molecule has 16 heavy (non-hydrogen) atoms. The minimum Gasteiger partial charge on any atom is -0.258 e. The minimum absolute atomic E-state index is 0.00846. The molecule has 0 fully saturated rings. The molecule has 80 valence electrons. The van der Waals surface area contributed by atoms with Crippen LogP contribution < -0.4 is 0 Å². The van der Waals surface area contributed by atoms with Crippen LogP contribution in [0.25, 0.3) is 5.57 Å². The fourth-order valence-corrected chi connectivity index (χ4v) is 1.39. The Labute approximate surface area is 93.3 Å². The first-order chi connectivity index (χ1) is 7.60. The van der Waals surface area contributed by atoms with Crippen molar-refractivity contribution in [3.05, 3.63) is 51.8 Å². The zero-order valence-corrected chi connectivity index (χ0v) is 8.86. The molecule has 0 aliphatic carbocycles. The molecule has 0 aromatic heterocycles. The van der Waals surface area contributed by atoms with E-state index >= 15 is 0 Å². The van der Waals surface area contributed by atoms with Gasteiger partial charge in [0, 0.05) is 12.1 Å². The third-order valence-electron chi connectivity index (χ3n) is 2.24. The lowest BCUT2D eigenvalue weighted by atomic mass is 9.99. The number of nitro groups is 1. The quantitative estimate of drug-likeness (QED) is 0.441. The van der Waals surface area contributed by atoms with Gasteiger partial charge >= 0.3 is 0 Å². The van der Waals surface area contributed by atoms with Crippen LogP contribution in [0.5, 0.6) is 0 Å². The van der Waals surface area contributed by atoms with Crippen LogP contribution >= 0.6 is 0 Å². The second-order valence-corrected chi connectivity index (χ2v) is 3.24. The van der Waals surface area contributed by atoms with E-state index in [4.69, 9.17) is 5.26 Å². The fourth-order valence-electron chi connectivity index (χ4n) is 1.39. The number of nitro benzene ring substituents is 1. The number of non-ortho nitro benzene ring substituents is 1. The van der Waals surface area contributed by atoms with Crippen LogP contribution in [0.1, 0.15) is 18.1 Å². The average molecular weight is 214 g/mol. The molecule has 1 aromatic carbocycles. The second kappa shape index (κ2) is 4.92. The predicted molar refractivity (Wildman–Crippen MR) is 60.6 cm³/mol. The largest absolute Gasteiger partial charge is 0.269 e. The Balaban J connectivity index is 3.36. The smallest absolute Gasteiger partial charge is 0.258 e. The van der Waals surface area contributed by atoms with Crippen LogP contribution in [0.3, 0.4) is 0 Å². The van der Waals surface area contributed by atoms with Gasteiger partial charge in [0.05, 0.1) is 17.4 Å². The van der Waals surface area contributed by atoms with Crippen molar-refractivity contribution < 1.29 is 4.92 Å². The van der Waals surface area contributed by atoms with Crippen molar-refractivity contribution >= 4 is 11.3 Å². The third kappa shape index (κ3) is 2.35. The SMILES string of the molecule is C=C=C(C)c1ccc([N+](=O)[O-])cc1CC#N. The molecule has 0 bridgehead atoms. The summed E-state index contributed by atoms with van der Waals surface area (Å²) in [6, 6.07) is 6.44. The van der Waals surface area contributed by atoms with Gasteiger partial charge in [0.2, 0.25) is 0 Å². The number of nitriles is 1. The number of allylic oxidation sites excluding steroid dienone is 1. The molecule has 4 heteroatoms. The molecule has 0 heterocycles. The van der Waals surface area contributed by atoms with Gasteiger partial charge in [0.25, 0.3) is 5.69 Å². The molecule has 0 radical (unpaired) electrons. The van der Waals surface area contributed by atoms with Gasteiger partial charge in [-0.2, -0.15) is 5.26 Å². The van der Waals surface area contributed by atoms with E-state index < -0.39 is 4.92 Å². The number of hydrogen-bond donors (Lipinski definition) is 0. The van der Waals surface area contributed by atoms with Gasteiger partial charge in [-0.25, -0.2) is 0 Å². The first-order valence-corrected chi connectivity index (χ1v) is 4.61. The highest BCUT2D eigenvalue weighted by molar-refractivity contribution is 5.67. The average Bonchev–Trinajstić information content (AvgIpc) is 2.28. The van der Waals surface area contributed by atoms with Crippen LogP contribution in [0.15, 0.2) is 30.5 Å². The summed E-state index contributed by atoms with van der Waals surface area (Å²) in [6.07, 6.45) is 0.135. The topological polar surface area (TPSA) is 66.9 Å². The first kappa shape index (κ1) is 11.7. The third-order valence-corrected chi connectivity index (χ3v) is 2.24. The minimum atomic E-state index is -0.475. The van der Waals surface area contributed by atoms with Gasteiger partial charge in [-0.15, -0.1) is 5.73 Å². The molecule has 0 saturated heterocycles. The lowest BCUT2D eigenvalue weighted by Crippen LogP contribution is -1.94. The Hall–Kier alpha value is -2.37.